The third kappa shape index (κ3) is 7.81. The molecule has 0 aliphatic rings. The molecule has 3 N–H and O–H groups in total. The van der Waals surface area contributed by atoms with Crippen LogP contribution in [-0.2, 0) is 4.79 Å². The van der Waals surface area contributed by atoms with Crippen LogP contribution in [0.2, 0.25) is 10.0 Å². The molecular weight excluding hydrogens is 298 g/mol. The van der Waals surface area contributed by atoms with Gasteiger partial charge in [0.15, 0.2) is 6.61 Å². The lowest BCUT2D eigenvalue weighted by Gasteiger charge is -2.04. The smallest absolute Gasteiger partial charge is 0.341 e. The first kappa shape index (κ1) is 17.9. The summed E-state index contributed by atoms with van der Waals surface area (Å²) in [5.74, 6) is -2.47. The maximum Gasteiger partial charge on any atom is 0.341 e. The molecule has 1 aromatic rings. The minimum Gasteiger partial charge on any atom is -0.479 e. The maximum atomic E-state index is 12.8. The van der Waals surface area contributed by atoms with Gasteiger partial charge in [-0.25, -0.2) is 4.79 Å². The van der Waals surface area contributed by atoms with Crippen LogP contribution in [0.3, 0.4) is 0 Å². The van der Waals surface area contributed by atoms with E-state index in [9.17, 15) is 9.18 Å². The largest absolute Gasteiger partial charge is 0.479 e. The molecule has 0 spiro atoms. The van der Waals surface area contributed by atoms with Crippen molar-refractivity contribution in [2.24, 2.45) is 5.73 Å². The molecule has 8 heteroatoms. The molecule has 0 radical (unpaired) electrons. The van der Waals surface area contributed by atoms with Gasteiger partial charge in [0.05, 0.1) is 5.02 Å². The Morgan fingerprint density at radius 1 is 1.53 bits per heavy atom. The average molecular weight is 313 g/mol. The SMILES string of the molecule is CCCCN.O=C(O)COc1nc(F)c(Cl)cc1Cl. The molecule has 0 saturated carbocycles. The number of hydrogen-bond donors (Lipinski definition) is 2. The topological polar surface area (TPSA) is 85.4 Å². The van der Waals surface area contributed by atoms with Gasteiger partial charge >= 0.3 is 5.97 Å². The van der Waals surface area contributed by atoms with Gasteiger partial charge in [-0.1, -0.05) is 36.5 Å². The number of halogens is 3. The molecule has 19 heavy (non-hydrogen) atoms. The van der Waals surface area contributed by atoms with Gasteiger partial charge in [-0.05, 0) is 19.0 Å². The number of rotatable bonds is 5. The Morgan fingerprint density at radius 3 is 2.58 bits per heavy atom. The highest BCUT2D eigenvalue weighted by atomic mass is 35.5. The van der Waals surface area contributed by atoms with E-state index in [2.05, 4.69) is 16.6 Å². The molecular formula is C11H15Cl2FN2O3. The first-order valence-electron chi connectivity index (χ1n) is 5.48. The van der Waals surface area contributed by atoms with Crippen LogP contribution >= 0.6 is 23.2 Å². The highest BCUT2D eigenvalue weighted by Crippen LogP contribution is 2.26. The van der Waals surface area contributed by atoms with Crippen LogP contribution in [0.5, 0.6) is 5.88 Å². The lowest BCUT2D eigenvalue weighted by molar-refractivity contribution is -0.139. The van der Waals surface area contributed by atoms with E-state index in [0.717, 1.165) is 12.6 Å². The number of unbranched alkanes of at least 4 members (excludes halogenated alkanes) is 1. The predicted octanol–water partition coefficient (Wildman–Crippen LogP) is 2.74. The number of ether oxygens (including phenoxy) is 1. The Kier molecular flexibility index (Phi) is 9.20. The number of nitrogens with two attached hydrogens (primary N) is 1. The number of aliphatic carboxylic acids is 1. The Bertz CT molecular complexity index is 417. The van der Waals surface area contributed by atoms with Crippen molar-refractivity contribution in [1.82, 2.24) is 4.98 Å². The van der Waals surface area contributed by atoms with Crippen LogP contribution in [0.25, 0.3) is 0 Å². The van der Waals surface area contributed by atoms with E-state index >= 15 is 0 Å². The number of nitrogens with zero attached hydrogens (tertiary/aromatic N) is 1. The minimum atomic E-state index is -1.21. The van der Waals surface area contributed by atoms with E-state index in [1.54, 1.807) is 0 Å². The molecule has 0 aromatic carbocycles. The summed E-state index contributed by atoms with van der Waals surface area (Å²) >= 11 is 10.9. The number of hydrogen-bond acceptors (Lipinski definition) is 4. The number of carboxylic acid groups (broad SMARTS) is 1. The fraction of sp³-hybridized carbons (Fsp3) is 0.455. The fourth-order valence-corrected chi connectivity index (χ4v) is 1.28. The zero-order valence-electron chi connectivity index (χ0n) is 10.3. The molecule has 5 nitrogen and oxygen atoms in total. The van der Waals surface area contributed by atoms with E-state index < -0.39 is 18.5 Å². The standard InChI is InChI=1S/C7H4Cl2FNO3.C4H11N/c8-3-1-4(9)7(11-6(3)10)14-2-5(12)13;1-2-3-4-5/h1H,2H2,(H,12,13);2-5H2,1H3. The molecule has 1 aromatic heterocycles. The lowest BCUT2D eigenvalue weighted by atomic mass is 10.3. The average Bonchev–Trinajstić information content (AvgIpc) is 2.34. The summed E-state index contributed by atoms with van der Waals surface area (Å²) in [5, 5.41) is 7.98. The maximum absolute atomic E-state index is 12.8. The fourth-order valence-electron chi connectivity index (χ4n) is 0.864. The summed E-state index contributed by atoms with van der Waals surface area (Å²) in [4.78, 5) is 13.3. The molecule has 1 heterocycles. The lowest BCUT2D eigenvalue weighted by Crippen LogP contribution is -2.10. The second kappa shape index (κ2) is 9.77. The van der Waals surface area contributed by atoms with Crippen LogP contribution in [0.1, 0.15) is 19.8 Å². The third-order valence-corrected chi connectivity index (χ3v) is 2.28. The van der Waals surface area contributed by atoms with E-state index in [1.807, 2.05) is 0 Å². The molecule has 0 saturated heterocycles. The van der Waals surface area contributed by atoms with Gasteiger partial charge < -0.3 is 15.6 Å². The molecule has 0 aliphatic carbocycles. The first-order valence-corrected chi connectivity index (χ1v) is 6.24. The summed E-state index contributed by atoms with van der Waals surface area (Å²) in [5.41, 5.74) is 5.14. The van der Waals surface area contributed by atoms with Crippen molar-refractivity contribution in [2.75, 3.05) is 13.2 Å². The zero-order valence-corrected chi connectivity index (χ0v) is 11.8. The number of aromatic nitrogens is 1. The Hall–Kier alpha value is -1.11. The summed E-state index contributed by atoms with van der Waals surface area (Å²) in [7, 11) is 0. The molecule has 1 rings (SSSR count). The molecule has 0 amide bonds. The highest BCUT2D eigenvalue weighted by molar-refractivity contribution is 6.35. The second-order valence-electron chi connectivity index (χ2n) is 3.37. The molecule has 0 fully saturated rings. The van der Waals surface area contributed by atoms with E-state index in [1.165, 1.54) is 12.8 Å². The Labute approximate surface area is 120 Å². The van der Waals surface area contributed by atoms with Gasteiger partial charge in [-0.2, -0.15) is 9.37 Å². The van der Waals surface area contributed by atoms with E-state index in [4.69, 9.17) is 34.0 Å². The molecule has 0 bridgehead atoms. The monoisotopic (exact) mass is 312 g/mol. The van der Waals surface area contributed by atoms with Crippen LogP contribution < -0.4 is 10.5 Å². The third-order valence-electron chi connectivity index (χ3n) is 1.74. The van der Waals surface area contributed by atoms with E-state index in [-0.39, 0.29) is 15.9 Å². The van der Waals surface area contributed by atoms with Crippen molar-refractivity contribution >= 4 is 29.2 Å². The summed E-state index contributed by atoms with van der Waals surface area (Å²) in [6.07, 6.45) is 2.39. The first-order chi connectivity index (χ1) is 8.92. The van der Waals surface area contributed by atoms with Gasteiger partial charge in [0.25, 0.3) is 0 Å². The van der Waals surface area contributed by atoms with Crippen molar-refractivity contribution in [3.63, 3.8) is 0 Å². The molecule has 108 valence electrons. The van der Waals surface area contributed by atoms with Crippen LogP contribution in [0.15, 0.2) is 6.07 Å². The van der Waals surface area contributed by atoms with Crippen LogP contribution in [0, 0.1) is 5.95 Å². The van der Waals surface area contributed by atoms with E-state index in [0.29, 0.717) is 0 Å². The molecule has 0 atom stereocenters. The van der Waals surface area contributed by atoms with Crippen molar-refractivity contribution in [3.8, 4) is 5.88 Å². The van der Waals surface area contributed by atoms with Crippen LogP contribution in [-0.4, -0.2) is 29.2 Å². The van der Waals surface area contributed by atoms with Gasteiger partial charge in [0.1, 0.15) is 5.02 Å². The van der Waals surface area contributed by atoms with Gasteiger partial charge in [-0.3, -0.25) is 0 Å². The van der Waals surface area contributed by atoms with Crippen molar-refractivity contribution in [1.29, 1.82) is 0 Å². The molecule has 0 unspecified atom stereocenters. The minimum absolute atomic E-state index is 0.0438. The van der Waals surface area contributed by atoms with Crippen molar-refractivity contribution < 1.29 is 19.0 Å². The number of carbonyl (C=O) groups is 1. The van der Waals surface area contributed by atoms with Gasteiger partial charge in [0.2, 0.25) is 11.8 Å². The highest BCUT2D eigenvalue weighted by Gasteiger charge is 2.11. The normalized spacial score (nSPS) is 9.53. The van der Waals surface area contributed by atoms with Crippen LogP contribution in [0.4, 0.5) is 4.39 Å². The van der Waals surface area contributed by atoms with Crippen molar-refractivity contribution in [3.05, 3.63) is 22.1 Å². The Balaban J connectivity index is 0.000000555. The van der Waals surface area contributed by atoms with Gasteiger partial charge in [-0.15, -0.1) is 0 Å². The zero-order chi connectivity index (χ0) is 14.8. The Morgan fingerprint density at radius 2 is 2.16 bits per heavy atom. The van der Waals surface area contributed by atoms with Crippen molar-refractivity contribution in [2.45, 2.75) is 19.8 Å². The summed E-state index contributed by atoms with van der Waals surface area (Å²) in [6, 6.07) is 1.09. The molecule has 0 aliphatic heterocycles. The number of pyridine rings is 1. The quantitative estimate of drug-likeness (QED) is 0.816. The van der Waals surface area contributed by atoms with Gasteiger partial charge in [0, 0.05) is 0 Å². The summed E-state index contributed by atoms with van der Waals surface area (Å²) < 4.78 is 17.3. The summed E-state index contributed by atoms with van der Waals surface area (Å²) in [6.45, 7) is 2.33. The second-order valence-corrected chi connectivity index (χ2v) is 4.19. The predicted molar refractivity (Wildman–Crippen MR) is 71.3 cm³/mol. The number of carboxylic acids is 1.